The number of piperazine rings is 1. The van der Waals surface area contributed by atoms with Crippen molar-refractivity contribution >= 4 is 21.6 Å². The lowest BCUT2D eigenvalue weighted by molar-refractivity contribution is 0.0746. The Kier molecular flexibility index (Phi) is 6.57. The van der Waals surface area contributed by atoms with Gasteiger partial charge in [0.25, 0.3) is 5.91 Å². The molecule has 4 rings (SSSR count). The maximum atomic E-state index is 13.1. The number of amides is 1. The molecule has 0 spiro atoms. The highest BCUT2D eigenvalue weighted by Gasteiger charge is 2.27. The Labute approximate surface area is 183 Å². The fourth-order valence-corrected chi connectivity index (χ4v) is 5.79. The first-order valence-electron chi connectivity index (χ1n) is 10.9. The molecule has 8 heteroatoms. The smallest absolute Gasteiger partial charge is 0.254 e. The Hall–Kier alpha value is -2.45. The number of carbonyl (C=O) groups excluding carboxylic acids is 1. The highest BCUT2D eigenvalue weighted by molar-refractivity contribution is 7.89. The molecule has 2 fully saturated rings. The van der Waals surface area contributed by atoms with E-state index < -0.39 is 10.0 Å². The summed E-state index contributed by atoms with van der Waals surface area (Å²) in [5, 5.41) is 0. The summed E-state index contributed by atoms with van der Waals surface area (Å²) in [5.74, 6) is -0.431. The molecule has 2 heterocycles. The average Bonchev–Trinajstić information content (AvgIpc) is 3.10. The van der Waals surface area contributed by atoms with E-state index in [1.54, 1.807) is 39.5 Å². The SMILES string of the molecule is O=C(c1cccc(S(=O)(=O)N2CCCCCC2)c1)N1CCN(c2ccc(F)cc2)CC1. The second-order valence-corrected chi connectivity index (χ2v) is 10.0. The van der Waals surface area contributed by atoms with Crippen LogP contribution in [0.5, 0.6) is 0 Å². The third-order valence-corrected chi connectivity index (χ3v) is 7.94. The quantitative estimate of drug-likeness (QED) is 0.724. The third-order valence-electron chi connectivity index (χ3n) is 6.04. The van der Waals surface area contributed by atoms with Crippen LogP contribution < -0.4 is 4.90 Å². The van der Waals surface area contributed by atoms with E-state index in [-0.39, 0.29) is 16.6 Å². The zero-order valence-corrected chi connectivity index (χ0v) is 18.4. The van der Waals surface area contributed by atoms with Gasteiger partial charge in [0.1, 0.15) is 5.82 Å². The Morgan fingerprint density at radius 3 is 2.10 bits per heavy atom. The highest BCUT2D eigenvalue weighted by atomic mass is 32.2. The van der Waals surface area contributed by atoms with Crippen molar-refractivity contribution in [1.29, 1.82) is 0 Å². The number of anilines is 1. The van der Waals surface area contributed by atoms with Gasteiger partial charge >= 0.3 is 0 Å². The summed E-state index contributed by atoms with van der Waals surface area (Å²) >= 11 is 0. The second kappa shape index (κ2) is 9.36. The highest BCUT2D eigenvalue weighted by Crippen LogP contribution is 2.23. The summed E-state index contributed by atoms with van der Waals surface area (Å²) in [7, 11) is -3.60. The van der Waals surface area contributed by atoms with Crippen molar-refractivity contribution in [2.75, 3.05) is 44.2 Å². The third kappa shape index (κ3) is 4.91. The van der Waals surface area contributed by atoms with E-state index in [9.17, 15) is 17.6 Å². The van der Waals surface area contributed by atoms with E-state index in [4.69, 9.17) is 0 Å². The van der Waals surface area contributed by atoms with Gasteiger partial charge in [-0.15, -0.1) is 0 Å². The Morgan fingerprint density at radius 1 is 0.806 bits per heavy atom. The zero-order chi connectivity index (χ0) is 21.8. The monoisotopic (exact) mass is 445 g/mol. The van der Waals surface area contributed by atoms with Gasteiger partial charge in [-0.3, -0.25) is 4.79 Å². The molecule has 2 aromatic carbocycles. The van der Waals surface area contributed by atoms with Crippen molar-refractivity contribution in [3.8, 4) is 0 Å². The molecule has 0 aliphatic carbocycles. The van der Waals surface area contributed by atoms with E-state index in [1.165, 1.54) is 18.2 Å². The molecule has 0 unspecified atom stereocenters. The van der Waals surface area contributed by atoms with Crippen molar-refractivity contribution in [3.05, 3.63) is 59.9 Å². The van der Waals surface area contributed by atoms with Crippen molar-refractivity contribution in [3.63, 3.8) is 0 Å². The van der Waals surface area contributed by atoms with Crippen LogP contribution in [-0.4, -0.2) is 62.8 Å². The first-order chi connectivity index (χ1) is 14.9. The summed E-state index contributed by atoms with van der Waals surface area (Å²) in [4.78, 5) is 17.1. The molecule has 0 bridgehead atoms. The Bertz CT molecular complexity index is 1010. The van der Waals surface area contributed by atoms with Gasteiger partial charge in [0.05, 0.1) is 4.90 Å². The fourth-order valence-electron chi connectivity index (χ4n) is 4.22. The molecule has 0 N–H and O–H groups in total. The van der Waals surface area contributed by atoms with Crippen LogP contribution >= 0.6 is 0 Å². The van der Waals surface area contributed by atoms with E-state index in [2.05, 4.69) is 4.90 Å². The molecule has 2 aliphatic rings. The molecular weight excluding hydrogens is 417 g/mol. The van der Waals surface area contributed by atoms with Crippen LogP contribution in [0.1, 0.15) is 36.0 Å². The number of benzene rings is 2. The predicted octanol–water partition coefficient (Wildman–Crippen LogP) is 3.35. The van der Waals surface area contributed by atoms with Crippen LogP contribution in [0.2, 0.25) is 0 Å². The molecule has 0 radical (unpaired) electrons. The molecule has 0 atom stereocenters. The fraction of sp³-hybridized carbons (Fsp3) is 0.435. The summed E-state index contributed by atoms with van der Waals surface area (Å²) in [6.45, 7) is 3.41. The summed E-state index contributed by atoms with van der Waals surface area (Å²) < 4.78 is 40.9. The van der Waals surface area contributed by atoms with Crippen molar-refractivity contribution in [1.82, 2.24) is 9.21 Å². The maximum absolute atomic E-state index is 13.1. The van der Waals surface area contributed by atoms with Crippen molar-refractivity contribution < 1.29 is 17.6 Å². The molecule has 2 saturated heterocycles. The van der Waals surface area contributed by atoms with Crippen molar-refractivity contribution in [2.45, 2.75) is 30.6 Å². The van der Waals surface area contributed by atoms with E-state index in [1.807, 2.05) is 0 Å². The first kappa shape index (κ1) is 21.8. The number of rotatable bonds is 4. The Balaban J connectivity index is 1.44. The number of halogens is 1. The average molecular weight is 446 g/mol. The van der Waals surface area contributed by atoms with Crippen LogP contribution in [0.25, 0.3) is 0 Å². The topological polar surface area (TPSA) is 60.9 Å². The van der Waals surface area contributed by atoms with E-state index in [0.717, 1.165) is 31.4 Å². The summed E-state index contributed by atoms with van der Waals surface area (Å²) in [5.41, 5.74) is 1.32. The second-order valence-electron chi connectivity index (χ2n) is 8.10. The Morgan fingerprint density at radius 2 is 1.45 bits per heavy atom. The minimum absolute atomic E-state index is 0.160. The number of nitrogens with zero attached hydrogens (tertiary/aromatic N) is 3. The number of hydrogen-bond acceptors (Lipinski definition) is 4. The van der Waals surface area contributed by atoms with Crippen LogP contribution in [0.15, 0.2) is 53.4 Å². The molecular formula is C23H28FN3O3S. The van der Waals surface area contributed by atoms with Gasteiger partial charge in [-0.1, -0.05) is 18.9 Å². The molecule has 0 aromatic heterocycles. The molecule has 166 valence electrons. The maximum Gasteiger partial charge on any atom is 0.254 e. The summed E-state index contributed by atoms with van der Waals surface area (Å²) in [6, 6.07) is 12.8. The van der Waals surface area contributed by atoms with Gasteiger partial charge in [-0.05, 0) is 55.3 Å². The van der Waals surface area contributed by atoms with Gasteiger partial charge in [-0.25, -0.2) is 12.8 Å². The molecule has 6 nitrogen and oxygen atoms in total. The van der Waals surface area contributed by atoms with Gasteiger partial charge in [0, 0.05) is 50.5 Å². The van der Waals surface area contributed by atoms with Gasteiger partial charge < -0.3 is 9.80 Å². The molecule has 31 heavy (non-hydrogen) atoms. The molecule has 2 aliphatic heterocycles. The van der Waals surface area contributed by atoms with Crippen LogP contribution in [0.3, 0.4) is 0 Å². The van der Waals surface area contributed by atoms with Crippen LogP contribution in [-0.2, 0) is 10.0 Å². The standard InChI is InChI=1S/C23H28FN3O3S/c24-20-8-10-21(11-9-20)25-14-16-26(17-15-25)23(28)19-6-5-7-22(18-19)31(29,30)27-12-3-1-2-4-13-27/h5-11,18H,1-4,12-17H2. The predicted molar refractivity (Wildman–Crippen MR) is 118 cm³/mol. The van der Waals surface area contributed by atoms with Crippen LogP contribution in [0.4, 0.5) is 10.1 Å². The van der Waals surface area contributed by atoms with E-state index in [0.29, 0.717) is 44.8 Å². The number of sulfonamides is 1. The minimum atomic E-state index is -3.60. The number of hydrogen-bond donors (Lipinski definition) is 0. The van der Waals surface area contributed by atoms with E-state index >= 15 is 0 Å². The lowest BCUT2D eigenvalue weighted by Gasteiger charge is -2.36. The minimum Gasteiger partial charge on any atom is -0.368 e. The normalized spacial score (nSPS) is 18.6. The lowest BCUT2D eigenvalue weighted by atomic mass is 10.1. The molecule has 0 saturated carbocycles. The van der Waals surface area contributed by atoms with Crippen LogP contribution in [0, 0.1) is 5.82 Å². The molecule has 1 amide bonds. The zero-order valence-electron chi connectivity index (χ0n) is 17.5. The largest absolute Gasteiger partial charge is 0.368 e. The van der Waals surface area contributed by atoms with Crippen molar-refractivity contribution in [2.24, 2.45) is 0 Å². The van der Waals surface area contributed by atoms with Gasteiger partial charge in [-0.2, -0.15) is 4.31 Å². The summed E-state index contributed by atoms with van der Waals surface area (Å²) in [6.07, 6.45) is 3.84. The number of carbonyl (C=O) groups is 1. The first-order valence-corrected chi connectivity index (χ1v) is 12.3. The van der Waals surface area contributed by atoms with Gasteiger partial charge in [0.2, 0.25) is 10.0 Å². The van der Waals surface area contributed by atoms with Gasteiger partial charge in [0.15, 0.2) is 0 Å². The molecule has 2 aromatic rings. The lowest BCUT2D eigenvalue weighted by Crippen LogP contribution is -2.48.